The van der Waals surface area contributed by atoms with E-state index in [4.69, 9.17) is 9.72 Å². The summed E-state index contributed by atoms with van der Waals surface area (Å²) in [5, 5.41) is 3.39. The van der Waals surface area contributed by atoms with Gasteiger partial charge in [0.05, 0.1) is 16.6 Å². The number of aromatic amines is 1. The van der Waals surface area contributed by atoms with Crippen LogP contribution in [0.15, 0.2) is 53.7 Å². The Morgan fingerprint density at radius 1 is 1.20 bits per heavy atom. The second kappa shape index (κ2) is 9.14. The van der Waals surface area contributed by atoms with Crippen molar-refractivity contribution in [2.75, 3.05) is 0 Å². The third-order valence-electron chi connectivity index (χ3n) is 6.51. The fourth-order valence-corrected chi connectivity index (χ4v) is 6.14. The standard InChI is InChI=1S/C24H25N5O5S/c1-15(31)34-22(16-7-9-17(10-8-16)26-14-30)23-27-20-13-25-24-19(21(20)28-23)11-12-29(24)35(32,33)18-5-3-2-4-6-18/h2-6,11-14,16-17,22H,7-10H2,1H3,(H,26,30)(H,27,28). The number of ether oxygens (including phenoxy) is 1. The molecule has 182 valence electrons. The van der Waals surface area contributed by atoms with Gasteiger partial charge in [0.2, 0.25) is 6.41 Å². The summed E-state index contributed by atoms with van der Waals surface area (Å²) in [6, 6.07) is 9.96. The highest BCUT2D eigenvalue weighted by Crippen LogP contribution is 2.37. The molecule has 1 amide bonds. The van der Waals surface area contributed by atoms with Gasteiger partial charge in [0.1, 0.15) is 11.3 Å². The fraction of sp³-hybridized carbons (Fsp3) is 0.333. The van der Waals surface area contributed by atoms with Crippen LogP contribution in [0.1, 0.15) is 44.5 Å². The second-order valence-corrected chi connectivity index (χ2v) is 10.6. The quantitative estimate of drug-likeness (QED) is 0.297. The maximum Gasteiger partial charge on any atom is 0.303 e. The number of hydrogen-bond donors (Lipinski definition) is 2. The lowest BCUT2D eigenvalue weighted by molar-refractivity contribution is -0.151. The summed E-state index contributed by atoms with van der Waals surface area (Å²) in [4.78, 5) is 35.2. The van der Waals surface area contributed by atoms with Gasteiger partial charge in [-0.15, -0.1) is 0 Å². The smallest absolute Gasteiger partial charge is 0.303 e. The predicted octanol–water partition coefficient (Wildman–Crippen LogP) is 3.06. The Hall–Kier alpha value is -3.73. The summed E-state index contributed by atoms with van der Waals surface area (Å²) in [6.07, 6.45) is 6.25. The molecular formula is C24H25N5O5S. The molecule has 2 N–H and O–H groups in total. The number of pyridine rings is 1. The van der Waals surface area contributed by atoms with E-state index in [0.29, 0.717) is 22.2 Å². The predicted molar refractivity (Wildman–Crippen MR) is 128 cm³/mol. The van der Waals surface area contributed by atoms with E-state index in [-0.39, 0.29) is 22.5 Å². The number of rotatable bonds is 7. The zero-order valence-electron chi connectivity index (χ0n) is 19.0. The largest absolute Gasteiger partial charge is 0.454 e. The summed E-state index contributed by atoms with van der Waals surface area (Å²) >= 11 is 0. The molecule has 0 radical (unpaired) electrons. The van der Waals surface area contributed by atoms with Gasteiger partial charge < -0.3 is 15.0 Å². The Morgan fingerprint density at radius 3 is 2.63 bits per heavy atom. The van der Waals surface area contributed by atoms with Gasteiger partial charge in [-0.25, -0.2) is 22.4 Å². The van der Waals surface area contributed by atoms with E-state index in [9.17, 15) is 18.0 Å². The Labute approximate surface area is 201 Å². The van der Waals surface area contributed by atoms with E-state index in [1.807, 2.05) is 0 Å². The zero-order valence-corrected chi connectivity index (χ0v) is 19.9. The number of nitrogens with one attached hydrogen (secondary N) is 2. The maximum atomic E-state index is 13.2. The van der Waals surface area contributed by atoms with Gasteiger partial charge in [0, 0.05) is 30.5 Å². The number of aromatic nitrogens is 4. The van der Waals surface area contributed by atoms with E-state index in [0.717, 1.165) is 36.1 Å². The molecule has 1 aliphatic carbocycles. The number of imidazole rings is 1. The second-order valence-electron chi connectivity index (χ2n) is 8.74. The zero-order chi connectivity index (χ0) is 24.6. The number of benzene rings is 1. The van der Waals surface area contributed by atoms with Crippen molar-refractivity contribution >= 4 is 44.5 Å². The fourth-order valence-electron chi connectivity index (χ4n) is 4.82. The van der Waals surface area contributed by atoms with Gasteiger partial charge in [0.15, 0.2) is 11.8 Å². The number of carbonyl (C=O) groups is 2. The summed E-state index contributed by atoms with van der Waals surface area (Å²) in [6.45, 7) is 1.36. The van der Waals surface area contributed by atoms with Crippen molar-refractivity contribution in [1.82, 2.24) is 24.2 Å². The monoisotopic (exact) mass is 495 g/mol. The van der Waals surface area contributed by atoms with Crippen LogP contribution in [0, 0.1) is 5.92 Å². The van der Waals surface area contributed by atoms with Crippen molar-refractivity contribution < 1.29 is 22.7 Å². The number of esters is 1. The molecule has 1 saturated carbocycles. The van der Waals surface area contributed by atoms with Crippen molar-refractivity contribution in [3.8, 4) is 0 Å². The van der Waals surface area contributed by atoms with Gasteiger partial charge in [0.25, 0.3) is 10.0 Å². The van der Waals surface area contributed by atoms with Gasteiger partial charge in [-0.05, 0) is 43.9 Å². The van der Waals surface area contributed by atoms with Crippen LogP contribution in [0.2, 0.25) is 0 Å². The summed E-state index contributed by atoms with van der Waals surface area (Å²) in [7, 11) is -3.83. The topological polar surface area (TPSA) is 136 Å². The molecular weight excluding hydrogens is 470 g/mol. The lowest BCUT2D eigenvalue weighted by Crippen LogP contribution is -2.34. The Morgan fingerprint density at radius 2 is 1.94 bits per heavy atom. The minimum absolute atomic E-state index is 0.0377. The lowest BCUT2D eigenvalue weighted by Gasteiger charge is -2.32. The van der Waals surface area contributed by atoms with E-state index in [1.165, 1.54) is 25.3 Å². The molecule has 0 bridgehead atoms. The molecule has 1 atom stereocenters. The number of H-pyrrole nitrogens is 1. The third-order valence-corrected chi connectivity index (χ3v) is 8.19. The van der Waals surface area contributed by atoms with E-state index in [2.05, 4.69) is 15.3 Å². The van der Waals surface area contributed by atoms with Crippen molar-refractivity contribution in [2.24, 2.45) is 5.92 Å². The van der Waals surface area contributed by atoms with E-state index < -0.39 is 22.1 Å². The first-order valence-electron chi connectivity index (χ1n) is 11.4. The molecule has 11 heteroatoms. The number of carbonyl (C=O) groups excluding carboxylic acids is 2. The van der Waals surface area contributed by atoms with Crippen LogP contribution in [0.5, 0.6) is 0 Å². The van der Waals surface area contributed by atoms with Crippen LogP contribution >= 0.6 is 0 Å². The first-order chi connectivity index (χ1) is 16.9. The van der Waals surface area contributed by atoms with Crippen LogP contribution in [-0.4, -0.2) is 45.8 Å². The van der Waals surface area contributed by atoms with Crippen molar-refractivity contribution in [2.45, 2.75) is 49.6 Å². The van der Waals surface area contributed by atoms with Gasteiger partial charge in [-0.1, -0.05) is 18.2 Å². The van der Waals surface area contributed by atoms with Crippen molar-refractivity contribution in [3.05, 3.63) is 54.6 Å². The minimum atomic E-state index is -3.83. The number of nitrogens with zero attached hydrogens (tertiary/aromatic N) is 3. The molecule has 1 unspecified atom stereocenters. The molecule has 1 fully saturated rings. The molecule has 4 aromatic rings. The minimum Gasteiger partial charge on any atom is -0.454 e. The Kier molecular flexibility index (Phi) is 6.01. The van der Waals surface area contributed by atoms with Crippen molar-refractivity contribution in [3.63, 3.8) is 0 Å². The summed E-state index contributed by atoms with van der Waals surface area (Å²) < 4.78 is 33.2. The van der Waals surface area contributed by atoms with Gasteiger partial charge >= 0.3 is 5.97 Å². The molecule has 1 aliphatic rings. The highest BCUT2D eigenvalue weighted by molar-refractivity contribution is 7.90. The van der Waals surface area contributed by atoms with Gasteiger partial charge in [-0.2, -0.15) is 0 Å². The number of fused-ring (bicyclic) bond motifs is 3. The van der Waals surface area contributed by atoms with Crippen LogP contribution in [0.3, 0.4) is 0 Å². The average molecular weight is 496 g/mol. The van der Waals surface area contributed by atoms with E-state index in [1.54, 1.807) is 30.5 Å². The average Bonchev–Trinajstić information content (AvgIpc) is 3.48. The number of hydrogen-bond acceptors (Lipinski definition) is 7. The Balaban J connectivity index is 1.52. The van der Waals surface area contributed by atoms with Gasteiger partial charge in [-0.3, -0.25) is 9.59 Å². The highest BCUT2D eigenvalue weighted by atomic mass is 32.2. The SMILES string of the molecule is CC(=O)OC(c1nc2c(cnc3c2ccn3S(=O)(=O)c2ccccc2)[nH]1)C1CCC(NC=O)CC1. The summed E-state index contributed by atoms with van der Waals surface area (Å²) in [5.41, 5.74) is 1.44. The molecule has 0 saturated heterocycles. The van der Waals surface area contributed by atoms with E-state index >= 15 is 0 Å². The first-order valence-corrected chi connectivity index (χ1v) is 12.9. The van der Waals surface area contributed by atoms with Crippen LogP contribution < -0.4 is 5.32 Å². The molecule has 3 heterocycles. The lowest BCUT2D eigenvalue weighted by atomic mass is 9.82. The number of amides is 1. The van der Waals surface area contributed by atoms with Crippen LogP contribution in [0.4, 0.5) is 0 Å². The summed E-state index contributed by atoms with van der Waals surface area (Å²) in [5.74, 6) is 0.123. The molecule has 1 aromatic carbocycles. The molecule has 10 nitrogen and oxygen atoms in total. The molecule has 35 heavy (non-hydrogen) atoms. The molecule has 0 spiro atoms. The normalized spacial score (nSPS) is 19.5. The first kappa shape index (κ1) is 23.0. The maximum absolute atomic E-state index is 13.2. The molecule has 0 aliphatic heterocycles. The van der Waals surface area contributed by atoms with Crippen molar-refractivity contribution in [1.29, 1.82) is 0 Å². The molecule has 5 rings (SSSR count). The highest BCUT2D eigenvalue weighted by Gasteiger charge is 2.33. The third kappa shape index (κ3) is 4.27. The Bertz CT molecular complexity index is 1490. The molecule has 3 aromatic heterocycles. The van der Waals surface area contributed by atoms with Crippen LogP contribution in [-0.2, 0) is 24.3 Å². The van der Waals surface area contributed by atoms with Crippen LogP contribution in [0.25, 0.3) is 22.1 Å².